The predicted molar refractivity (Wildman–Crippen MR) is 46.6 cm³/mol. The lowest BCUT2D eigenvalue weighted by molar-refractivity contribution is 0.0690. The number of hydrogen-bond acceptors (Lipinski definition) is 3. The van der Waals surface area contributed by atoms with E-state index >= 15 is 0 Å². The number of carbonyl (C=O) groups excluding carboxylic acids is 1. The van der Waals surface area contributed by atoms with E-state index in [4.69, 9.17) is 28.3 Å². The molecule has 0 fully saturated rings. The number of nitrogens with zero attached hydrogens (tertiary/aromatic N) is 1. The van der Waals surface area contributed by atoms with Gasteiger partial charge in [-0.05, 0) is 0 Å². The number of carbonyl (C=O) groups is 2. The van der Waals surface area contributed by atoms with E-state index in [1.807, 2.05) is 0 Å². The molecule has 1 aromatic heterocycles. The number of pyridine rings is 1. The first-order chi connectivity index (χ1) is 6.07. The first kappa shape index (κ1) is 9.95. The smallest absolute Gasteiger partial charge is 0.356 e. The van der Waals surface area contributed by atoms with Gasteiger partial charge in [-0.2, -0.15) is 0 Å². The Morgan fingerprint density at radius 2 is 2.15 bits per heavy atom. The molecule has 0 atom stereocenters. The van der Waals surface area contributed by atoms with Crippen LogP contribution in [0.1, 0.15) is 20.8 Å². The van der Waals surface area contributed by atoms with Gasteiger partial charge in [-0.3, -0.25) is 4.79 Å². The van der Waals surface area contributed by atoms with E-state index < -0.39 is 5.97 Å². The molecule has 0 aliphatic rings. The third kappa shape index (κ3) is 1.79. The van der Waals surface area contributed by atoms with Crippen LogP contribution in [0.2, 0.25) is 10.0 Å². The molecule has 0 aliphatic heterocycles. The molecule has 68 valence electrons. The summed E-state index contributed by atoms with van der Waals surface area (Å²) in [4.78, 5) is 24.4. The second-order valence-corrected chi connectivity index (χ2v) is 2.89. The van der Waals surface area contributed by atoms with Crippen LogP contribution in [0.25, 0.3) is 0 Å². The summed E-state index contributed by atoms with van der Waals surface area (Å²) in [6, 6.07) is 0. The molecule has 1 N–H and O–H groups in total. The highest BCUT2D eigenvalue weighted by atomic mass is 35.5. The summed E-state index contributed by atoms with van der Waals surface area (Å²) in [5, 5.41) is 8.36. The third-order valence-electron chi connectivity index (χ3n) is 1.33. The number of rotatable bonds is 2. The molecule has 0 aromatic carbocycles. The van der Waals surface area contributed by atoms with Crippen molar-refractivity contribution in [2.24, 2.45) is 0 Å². The van der Waals surface area contributed by atoms with Crippen molar-refractivity contribution in [3.63, 3.8) is 0 Å². The Bertz CT molecular complexity index is 378. The lowest BCUT2D eigenvalue weighted by atomic mass is 10.2. The van der Waals surface area contributed by atoms with Crippen LogP contribution >= 0.6 is 23.2 Å². The van der Waals surface area contributed by atoms with E-state index in [1.54, 1.807) is 0 Å². The van der Waals surface area contributed by atoms with Gasteiger partial charge in [-0.15, -0.1) is 0 Å². The van der Waals surface area contributed by atoms with Gasteiger partial charge >= 0.3 is 5.97 Å². The highest BCUT2D eigenvalue weighted by Crippen LogP contribution is 2.24. The Morgan fingerprint density at radius 1 is 1.54 bits per heavy atom. The predicted octanol–water partition coefficient (Wildman–Crippen LogP) is 1.90. The van der Waals surface area contributed by atoms with E-state index in [0.29, 0.717) is 6.29 Å². The molecule has 0 saturated heterocycles. The molecule has 0 saturated carbocycles. The number of carboxylic acid groups (broad SMARTS) is 1. The van der Waals surface area contributed by atoms with Gasteiger partial charge in [0.1, 0.15) is 0 Å². The second kappa shape index (κ2) is 3.72. The van der Waals surface area contributed by atoms with Crippen molar-refractivity contribution >= 4 is 35.5 Å². The average Bonchev–Trinajstić information content (AvgIpc) is 2.04. The molecule has 4 nitrogen and oxygen atoms in total. The summed E-state index contributed by atoms with van der Waals surface area (Å²) in [7, 11) is 0. The van der Waals surface area contributed by atoms with Crippen molar-refractivity contribution in [3.05, 3.63) is 27.5 Å². The van der Waals surface area contributed by atoms with Crippen molar-refractivity contribution in [2.75, 3.05) is 0 Å². The van der Waals surface area contributed by atoms with E-state index in [-0.39, 0.29) is 21.3 Å². The summed E-state index contributed by atoms with van der Waals surface area (Å²) < 4.78 is 0. The minimum Gasteiger partial charge on any atom is -0.476 e. The van der Waals surface area contributed by atoms with Crippen LogP contribution in [0.15, 0.2) is 6.20 Å². The van der Waals surface area contributed by atoms with Gasteiger partial charge in [0.05, 0.1) is 15.6 Å². The molecule has 1 aromatic rings. The molecule has 0 amide bonds. The van der Waals surface area contributed by atoms with Gasteiger partial charge in [-0.25, -0.2) is 9.78 Å². The van der Waals surface area contributed by atoms with Gasteiger partial charge in [0.25, 0.3) is 0 Å². The van der Waals surface area contributed by atoms with Crippen LogP contribution in [0, 0.1) is 0 Å². The Balaban J connectivity index is 3.44. The molecule has 1 rings (SSSR count). The topological polar surface area (TPSA) is 67.3 Å². The summed E-state index contributed by atoms with van der Waals surface area (Å²) in [5.41, 5.74) is -0.441. The Kier molecular flexibility index (Phi) is 2.85. The fourth-order valence-corrected chi connectivity index (χ4v) is 1.25. The summed E-state index contributed by atoms with van der Waals surface area (Å²) in [5.74, 6) is -1.30. The molecule has 0 bridgehead atoms. The molecule has 0 radical (unpaired) electrons. The Hall–Kier alpha value is -1.13. The van der Waals surface area contributed by atoms with Crippen LogP contribution in [0.3, 0.4) is 0 Å². The van der Waals surface area contributed by atoms with E-state index in [1.165, 1.54) is 0 Å². The van der Waals surface area contributed by atoms with Crippen molar-refractivity contribution in [1.29, 1.82) is 0 Å². The monoisotopic (exact) mass is 219 g/mol. The van der Waals surface area contributed by atoms with Crippen LogP contribution in [-0.4, -0.2) is 22.3 Å². The van der Waals surface area contributed by atoms with Crippen LogP contribution in [-0.2, 0) is 0 Å². The summed E-state index contributed by atoms with van der Waals surface area (Å²) in [6.07, 6.45) is 1.46. The second-order valence-electron chi connectivity index (χ2n) is 2.11. The van der Waals surface area contributed by atoms with E-state index in [9.17, 15) is 9.59 Å². The quantitative estimate of drug-likeness (QED) is 0.772. The molecular weight excluding hydrogens is 217 g/mol. The fraction of sp³-hybridized carbons (Fsp3) is 0. The highest BCUT2D eigenvalue weighted by Gasteiger charge is 2.16. The van der Waals surface area contributed by atoms with Crippen molar-refractivity contribution in [1.82, 2.24) is 4.98 Å². The van der Waals surface area contributed by atoms with Gasteiger partial charge in [0, 0.05) is 6.20 Å². The zero-order chi connectivity index (χ0) is 10.0. The SMILES string of the molecule is O=Cc1c(Cl)cnc(C(=O)O)c1Cl. The van der Waals surface area contributed by atoms with Gasteiger partial charge in [-0.1, -0.05) is 23.2 Å². The number of aromatic carboxylic acids is 1. The Labute approximate surface area is 83.1 Å². The zero-order valence-corrected chi connectivity index (χ0v) is 7.63. The summed E-state index contributed by atoms with van der Waals surface area (Å²) >= 11 is 11.1. The lowest BCUT2D eigenvalue weighted by Crippen LogP contribution is -2.03. The maximum absolute atomic E-state index is 10.5. The van der Waals surface area contributed by atoms with Crippen molar-refractivity contribution < 1.29 is 14.7 Å². The number of hydrogen-bond donors (Lipinski definition) is 1. The lowest BCUT2D eigenvalue weighted by Gasteiger charge is -2.01. The maximum atomic E-state index is 10.5. The number of aromatic nitrogens is 1. The molecule has 6 heteroatoms. The summed E-state index contributed by atoms with van der Waals surface area (Å²) in [6.45, 7) is 0. The minimum absolute atomic E-state index is 0.0324. The van der Waals surface area contributed by atoms with Crippen LogP contribution in [0.5, 0.6) is 0 Å². The van der Waals surface area contributed by atoms with Crippen molar-refractivity contribution in [2.45, 2.75) is 0 Å². The molecule has 0 unspecified atom stereocenters. The van der Waals surface area contributed by atoms with Gasteiger partial charge < -0.3 is 5.11 Å². The third-order valence-corrected chi connectivity index (χ3v) is 2.01. The molecule has 13 heavy (non-hydrogen) atoms. The molecule has 0 spiro atoms. The van der Waals surface area contributed by atoms with Crippen LogP contribution in [0.4, 0.5) is 0 Å². The average molecular weight is 220 g/mol. The first-order valence-corrected chi connectivity index (χ1v) is 3.86. The first-order valence-electron chi connectivity index (χ1n) is 3.10. The number of aldehydes is 1. The largest absolute Gasteiger partial charge is 0.476 e. The highest BCUT2D eigenvalue weighted by molar-refractivity contribution is 6.39. The van der Waals surface area contributed by atoms with Gasteiger partial charge in [0.15, 0.2) is 12.0 Å². The van der Waals surface area contributed by atoms with Gasteiger partial charge in [0.2, 0.25) is 0 Å². The van der Waals surface area contributed by atoms with E-state index in [0.717, 1.165) is 6.20 Å². The molecular formula is C7H3Cl2NO3. The van der Waals surface area contributed by atoms with Crippen molar-refractivity contribution in [3.8, 4) is 0 Å². The number of carboxylic acids is 1. The Morgan fingerprint density at radius 3 is 2.62 bits per heavy atom. The normalized spacial score (nSPS) is 9.69. The number of halogens is 2. The standard InChI is InChI=1S/C7H3Cl2NO3/c8-4-1-10-6(7(12)13)5(9)3(4)2-11/h1-2H,(H,12,13). The maximum Gasteiger partial charge on any atom is 0.356 e. The van der Waals surface area contributed by atoms with Crippen LogP contribution < -0.4 is 0 Å². The zero-order valence-electron chi connectivity index (χ0n) is 6.12. The van der Waals surface area contributed by atoms with E-state index in [2.05, 4.69) is 4.98 Å². The molecule has 1 heterocycles. The molecule has 0 aliphatic carbocycles. The fourth-order valence-electron chi connectivity index (χ4n) is 0.737. The minimum atomic E-state index is -1.30.